The van der Waals surface area contributed by atoms with Crippen molar-refractivity contribution in [3.8, 4) is 0 Å². The molecular formula is C21H28BFO4. The van der Waals surface area contributed by atoms with Crippen molar-refractivity contribution in [1.82, 2.24) is 0 Å². The average Bonchev–Trinajstić information content (AvgIpc) is 3.19. The smallest absolute Gasteiger partial charge is 0.404 e. The van der Waals surface area contributed by atoms with Crippen LogP contribution >= 0.6 is 0 Å². The first-order valence-electron chi connectivity index (χ1n) is 9.51. The molecule has 2 atom stereocenters. The largest absolute Gasteiger partial charge is 0.494 e. The van der Waals surface area contributed by atoms with E-state index in [1.807, 2.05) is 58.0 Å². The second-order valence-electron chi connectivity index (χ2n) is 5.88. The normalized spacial score (nSPS) is 17.4. The maximum atomic E-state index is 13.7. The molecule has 1 aliphatic heterocycles. The van der Waals surface area contributed by atoms with E-state index < -0.39 is 7.12 Å². The van der Waals surface area contributed by atoms with Crippen LogP contribution < -0.4 is 5.46 Å². The minimum Gasteiger partial charge on any atom is -0.404 e. The standard InChI is InChI=1S/C19H22BFO4.C2H6/c1-3-22-14(2)23-12-16-11-17(21)9-10-18(16)20-24-13-19(25-20)15-7-5-4-6-8-15;1-2/h4-11,14,19H,3,12-13H2,1-2H3;1-2H3. The van der Waals surface area contributed by atoms with Gasteiger partial charge in [0, 0.05) is 6.61 Å². The van der Waals surface area contributed by atoms with Crippen molar-refractivity contribution in [3.05, 3.63) is 65.5 Å². The van der Waals surface area contributed by atoms with Crippen LogP contribution in [0.4, 0.5) is 4.39 Å². The molecule has 4 nitrogen and oxygen atoms in total. The van der Waals surface area contributed by atoms with Crippen molar-refractivity contribution < 1.29 is 23.2 Å². The first kappa shape index (κ1) is 21.6. The van der Waals surface area contributed by atoms with E-state index >= 15 is 0 Å². The zero-order valence-corrected chi connectivity index (χ0v) is 16.5. The van der Waals surface area contributed by atoms with E-state index in [2.05, 4.69) is 0 Å². The molecule has 3 rings (SSSR count). The summed E-state index contributed by atoms with van der Waals surface area (Å²) in [5.41, 5.74) is 2.55. The van der Waals surface area contributed by atoms with Crippen LogP contribution in [0.1, 0.15) is 44.9 Å². The molecule has 0 aromatic heterocycles. The maximum Gasteiger partial charge on any atom is 0.494 e. The topological polar surface area (TPSA) is 36.9 Å². The van der Waals surface area contributed by atoms with Gasteiger partial charge in [-0.1, -0.05) is 50.2 Å². The molecule has 0 saturated carbocycles. The fraction of sp³-hybridized carbons (Fsp3) is 0.429. The average molecular weight is 374 g/mol. The summed E-state index contributed by atoms with van der Waals surface area (Å²) in [6.07, 6.45) is -0.490. The number of hydrogen-bond acceptors (Lipinski definition) is 4. The van der Waals surface area contributed by atoms with Crippen LogP contribution in [0.5, 0.6) is 0 Å². The summed E-state index contributed by atoms with van der Waals surface area (Å²) in [7, 11) is -0.535. The summed E-state index contributed by atoms with van der Waals surface area (Å²) in [6.45, 7) is 8.97. The Morgan fingerprint density at radius 2 is 1.89 bits per heavy atom. The lowest BCUT2D eigenvalue weighted by Gasteiger charge is -2.16. The summed E-state index contributed by atoms with van der Waals surface area (Å²) in [5.74, 6) is -0.316. The predicted octanol–water partition coefficient (Wildman–Crippen LogP) is 4.23. The Bertz CT molecular complexity index is 683. The Kier molecular flexibility index (Phi) is 8.94. The molecule has 1 saturated heterocycles. The second-order valence-corrected chi connectivity index (χ2v) is 5.88. The molecule has 2 aromatic rings. The van der Waals surface area contributed by atoms with E-state index in [0.717, 1.165) is 11.0 Å². The van der Waals surface area contributed by atoms with Gasteiger partial charge in [0.15, 0.2) is 6.29 Å². The van der Waals surface area contributed by atoms with Crippen LogP contribution in [0.3, 0.4) is 0 Å². The van der Waals surface area contributed by atoms with Crippen molar-refractivity contribution in [3.63, 3.8) is 0 Å². The molecule has 0 bridgehead atoms. The van der Waals surface area contributed by atoms with Crippen LogP contribution in [-0.4, -0.2) is 26.6 Å². The number of ether oxygens (including phenoxy) is 2. The van der Waals surface area contributed by atoms with Gasteiger partial charge in [-0.25, -0.2) is 4.39 Å². The number of halogens is 1. The minimum absolute atomic E-state index is 0.132. The first-order chi connectivity index (χ1) is 13.2. The number of hydrogen-bond donors (Lipinski definition) is 0. The van der Waals surface area contributed by atoms with E-state index in [9.17, 15) is 4.39 Å². The van der Waals surface area contributed by atoms with Gasteiger partial charge in [-0.2, -0.15) is 0 Å². The molecule has 6 heteroatoms. The van der Waals surface area contributed by atoms with Gasteiger partial charge in [-0.15, -0.1) is 0 Å². The molecule has 0 aliphatic carbocycles. The van der Waals surface area contributed by atoms with Crippen LogP contribution in [0.2, 0.25) is 0 Å². The molecule has 1 aliphatic rings. The van der Waals surface area contributed by atoms with Crippen molar-refractivity contribution in [2.24, 2.45) is 0 Å². The molecule has 27 heavy (non-hydrogen) atoms. The number of rotatable bonds is 7. The van der Waals surface area contributed by atoms with Crippen LogP contribution in [0, 0.1) is 5.82 Å². The monoisotopic (exact) mass is 374 g/mol. The molecule has 1 fully saturated rings. The molecule has 0 N–H and O–H groups in total. The highest BCUT2D eigenvalue weighted by Gasteiger charge is 2.35. The van der Waals surface area contributed by atoms with E-state index in [4.69, 9.17) is 18.8 Å². The van der Waals surface area contributed by atoms with Gasteiger partial charge in [0.2, 0.25) is 0 Å². The predicted molar refractivity (Wildman–Crippen MR) is 105 cm³/mol. The highest BCUT2D eigenvalue weighted by Crippen LogP contribution is 2.25. The molecule has 146 valence electrons. The zero-order valence-electron chi connectivity index (χ0n) is 16.5. The quantitative estimate of drug-likeness (QED) is 0.537. The van der Waals surface area contributed by atoms with Crippen LogP contribution in [0.15, 0.2) is 48.5 Å². The molecular weight excluding hydrogens is 346 g/mol. The van der Waals surface area contributed by atoms with Crippen LogP contribution in [-0.2, 0) is 25.4 Å². The molecule has 0 amide bonds. The van der Waals surface area contributed by atoms with E-state index in [1.165, 1.54) is 12.1 Å². The third kappa shape index (κ3) is 6.14. The van der Waals surface area contributed by atoms with Crippen LogP contribution in [0.25, 0.3) is 0 Å². The van der Waals surface area contributed by atoms with Gasteiger partial charge in [0.25, 0.3) is 0 Å². The first-order valence-corrected chi connectivity index (χ1v) is 9.51. The van der Waals surface area contributed by atoms with Gasteiger partial charge in [-0.3, -0.25) is 0 Å². The summed E-state index contributed by atoms with van der Waals surface area (Å²) >= 11 is 0. The summed E-state index contributed by atoms with van der Waals surface area (Å²) in [6, 6.07) is 14.5. The third-order valence-electron chi connectivity index (χ3n) is 4.09. The van der Waals surface area contributed by atoms with Gasteiger partial charge in [-0.05, 0) is 42.6 Å². The Labute approximate surface area is 161 Å². The van der Waals surface area contributed by atoms with Gasteiger partial charge in [0.1, 0.15) is 5.82 Å². The molecule has 0 radical (unpaired) electrons. The summed E-state index contributed by atoms with van der Waals surface area (Å²) in [4.78, 5) is 0. The van der Waals surface area contributed by atoms with Crippen molar-refractivity contribution in [2.45, 2.75) is 46.7 Å². The highest BCUT2D eigenvalue weighted by molar-refractivity contribution is 6.62. The van der Waals surface area contributed by atoms with Gasteiger partial charge in [0.05, 0.1) is 19.3 Å². The van der Waals surface area contributed by atoms with E-state index in [0.29, 0.717) is 18.8 Å². The molecule has 2 unspecified atom stereocenters. The van der Waals surface area contributed by atoms with Crippen molar-refractivity contribution >= 4 is 12.6 Å². The third-order valence-corrected chi connectivity index (χ3v) is 4.09. The Morgan fingerprint density at radius 3 is 2.59 bits per heavy atom. The fourth-order valence-electron chi connectivity index (χ4n) is 2.83. The lowest BCUT2D eigenvalue weighted by atomic mass is 9.76. The fourth-order valence-corrected chi connectivity index (χ4v) is 2.83. The number of benzene rings is 2. The van der Waals surface area contributed by atoms with Gasteiger partial charge < -0.3 is 18.8 Å². The SMILES string of the molecule is CC.CCOC(C)OCc1cc(F)ccc1B1OCC(c2ccccc2)O1. The summed E-state index contributed by atoms with van der Waals surface area (Å²) in [5, 5.41) is 0. The lowest BCUT2D eigenvalue weighted by molar-refractivity contribution is -0.134. The minimum atomic E-state index is -0.535. The Hall–Kier alpha value is -1.73. The lowest BCUT2D eigenvalue weighted by Crippen LogP contribution is -2.35. The van der Waals surface area contributed by atoms with E-state index in [-0.39, 0.29) is 24.8 Å². The zero-order chi connectivity index (χ0) is 19.6. The van der Waals surface area contributed by atoms with Crippen molar-refractivity contribution in [1.29, 1.82) is 0 Å². The molecule has 0 spiro atoms. The Morgan fingerprint density at radius 1 is 1.15 bits per heavy atom. The molecule has 1 heterocycles. The highest BCUT2D eigenvalue weighted by atomic mass is 19.1. The second kappa shape index (κ2) is 11.2. The van der Waals surface area contributed by atoms with Crippen molar-refractivity contribution in [2.75, 3.05) is 13.2 Å². The summed E-state index contributed by atoms with van der Waals surface area (Å²) < 4.78 is 36.5. The molecule has 2 aromatic carbocycles. The Balaban J connectivity index is 0.00000126. The maximum absolute atomic E-state index is 13.7. The van der Waals surface area contributed by atoms with Gasteiger partial charge >= 0.3 is 7.12 Å². The van der Waals surface area contributed by atoms with E-state index in [1.54, 1.807) is 6.07 Å².